The normalized spacial score (nSPS) is 34.1. The first-order valence-electron chi connectivity index (χ1n) is 9.97. The van der Waals surface area contributed by atoms with Crippen molar-refractivity contribution in [3.63, 3.8) is 0 Å². The van der Waals surface area contributed by atoms with Crippen LogP contribution in [0, 0.1) is 0 Å². The van der Waals surface area contributed by atoms with Gasteiger partial charge in [-0.05, 0) is 45.8 Å². The Balaban J connectivity index is 1.46. The standard InChI is InChI=1S/C22H32O5/c1-15(2)24-21-13-11-20(17(4)26-21)27-22-12-10-19(16(3)25-22)23-14-18-8-6-5-7-9-18/h5-10,12,15-17,19-22H,11,13-14H2,1-4H3/t16-,17-,19+,20+,21+,22+/m0/s1. The van der Waals surface area contributed by atoms with Gasteiger partial charge in [-0.1, -0.05) is 36.4 Å². The number of hydrogen-bond acceptors (Lipinski definition) is 5. The van der Waals surface area contributed by atoms with E-state index in [1.807, 2.05) is 58.0 Å². The van der Waals surface area contributed by atoms with Crippen molar-refractivity contribution in [3.05, 3.63) is 48.0 Å². The largest absolute Gasteiger partial charge is 0.367 e. The molecule has 5 heteroatoms. The van der Waals surface area contributed by atoms with E-state index in [4.69, 9.17) is 23.7 Å². The lowest BCUT2D eigenvalue weighted by Crippen LogP contribution is -2.44. The van der Waals surface area contributed by atoms with Gasteiger partial charge in [0.15, 0.2) is 12.6 Å². The van der Waals surface area contributed by atoms with Crippen LogP contribution in [0.1, 0.15) is 46.1 Å². The fourth-order valence-corrected chi connectivity index (χ4v) is 3.41. The predicted octanol–water partition coefficient (Wildman–Crippen LogP) is 4.21. The van der Waals surface area contributed by atoms with E-state index in [2.05, 4.69) is 12.1 Å². The lowest BCUT2D eigenvalue weighted by Gasteiger charge is -2.38. The summed E-state index contributed by atoms with van der Waals surface area (Å²) < 4.78 is 29.8. The molecular formula is C22H32O5. The molecule has 2 aliphatic rings. The van der Waals surface area contributed by atoms with Crippen LogP contribution in [0.5, 0.6) is 0 Å². The van der Waals surface area contributed by atoms with E-state index in [-0.39, 0.29) is 43.1 Å². The van der Waals surface area contributed by atoms with Gasteiger partial charge in [0.1, 0.15) is 6.10 Å². The molecule has 1 aromatic rings. The summed E-state index contributed by atoms with van der Waals surface area (Å²) in [7, 11) is 0. The van der Waals surface area contributed by atoms with E-state index in [0.717, 1.165) is 18.4 Å². The molecule has 6 atom stereocenters. The lowest BCUT2D eigenvalue weighted by molar-refractivity contribution is -0.267. The van der Waals surface area contributed by atoms with E-state index in [0.29, 0.717) is 6.61 Å². The second-order valence-electron chi connectivity index (χ2n) is 7.56. The van der Waals surface area contributed by atoms with Gasteiger partial charge in [0.25, 0.3) is 0 Å². The number of rotatable bonds is 7. The Kier molecular flexibility index (Phi) is 7.44. The highest BCUT2D eigenvalue weighted by Gasteiger charge is 2.33. The maximum absolute atomic E-state index is 6.13. The summed E-state index contributed by atoms with van der Waals surface area (Å²) in [6.45, 7) is 8.66. The molecule has 1 saturated heterocycles. The Hall–Kier alpha value is -1.24. The Morgan fingerprint density at radius 2 is 1.78 bits per heavy atom. The summed E-state index contributed by atoms with van der Waals surface area (Å²) >= 11 is 0. The molecule has 0 saturated carbocycles. The molecule has 5 nitrogen and oxygen atoms in total. The van der Waals surface area contributed by atoms with E-state index >= 15 is 0 Å². The molecule has 2 aliphatic heterocycles. The maximum Gasteiger partial charge on any atom is 0.177 e. The molecule has 1 fully saturated rings. The summed E-state index contributed by atoms with van der Waals surface area (Å²) in [5.41, 5.74) is 1.16. The van der Waals surface area contributed by atoms with Crippen LogP contribution < -0.4 is 0 Å². The molecule has 0 unspecified atom stereocenters. The molecular weight excluding hydrogens is 344 g/mol. The Bertz CT molecular complexity index is 588. The van der Waals surface area contributed by atoms with Gasteiger partial charge >= 0.3 is 0 Å². The smallest absolute Gasteiger partial charge is 0.177 e. The van der Waals surface area contributed by atoms with E-state index in [1.54, 1.807) is 0 Å². The van der Waals surface area contributed by atoms with Crippen LogP contribution in [-0.4, -0.2) is 43.1 Å². The van der Waals surface area contributed by atoms with Gasteiger partial charge < -0.3 is 23.7 Å². The molecule has 150 valence electrons. The zero-order valence-corrected chi connectivity index (χ0v) is 16.7. The van der Waals surface area contributed by atoms with Crippen LogP contribution in [0.4, 0.5) is 0 Å². The lowest BCUT2D eigenvalue weighted by atomic mass is 10.1. The second-order valence-corrected chi connectivity index (χ2v) is 7.56. The van der Waals surface area contributed by atoms with Crippen LogP contribution >= 0.6 is 0 Å². The van der Waals surface area contributed by atoms with Crippen molar-refractivity contribution in [3.8, 4) is 0 Å². The maximum atomic E-state index is 6.13. The van der Waals surface area contributed by atoms with Gasteiger partial charge in [-0.3, -0.25) is 0 Å². The minimum Gasteiger partial charge on any atom is -0.367 e. The third kappa shape index (κ3) is 6.13. The van der Waals surface area contributed by atoms with Gasteiger partial charge in [0, 0.05) is 6.42 Å². The number of hydrogen-bond donors (Lipinski definition) is 0. The minimum atomic E-state index is -0.366. The fourth-order valence-electron chi connectivity index (χ4n) is 3.41. The molecule has 0 aromatic heterocycles. The quantitative estimate of drug-likeness (QED) is 0.667. The SMILES string of the molecule is CC(C)O[C@H]1CC[C@@H](O[C@@H]2C=C[C@@H](OCc3ccccc3)[C@H](C)O2)[C@H](C)O1. The molecule has 1 aromatic carbocycles. The summed E-state index contributed by atoms with van der Waals surface area (Å²) in [5.74, 6) is 0. The summed E-state index contributed by atoms with van der Waals surface area (Å²) in [4.78, 5) is 0. The first-order chi connectivity index (χ1) is 13.0. The topological polar surface area (TPSA) is 46.2 Å². The summed E-state index contributed by atoms with van der Waals surface area (Å²) in [5, 5.41) is 0. The molecule has 2 heterocycles. The zero-order valence-electron chi connectivity index (χ0n) is 16.7. The molecule has 0 spiro atoms. The first kappa shape index (κ1) is 20.5. The summed E-state index contributed by atoms with van der Waals surface area (Å²) in [6.07, 6.45) is 5.21. The van der Waals surface area contributed by atoms with Crippen molar-refractivity contribution in [1.29, 1.82) is 0 Å². The van der Waals surface area contributed by atoms with E-state index in [9.17, 15) is 0 Å². The molecule has 0 radical (unpaired) electrons. The van der Waals surface area contributed by atoms with Crippen molar-refractivity contribution in [1.82, 2.24) is 0 Å². The third-order valence-corrected chi connectivity index (χ3v) is 4.86. The molecule has 0 N–H and O–H groups in total. The molecule has 0 bridgehead atoms. The monoisotopic (exact) mass is 376 g/mol. The average Bonchev–Trinajstić information content (AvgIpc) is 2.64. The zero-order chi connectivity index (χ0) is 19.2. The van der Waals surface area contributed by atoms with Crippen LogP contribution in [0.15, 0.2) is 42.5 Å². The van der Waals surface area contributed by atoms with Crippen LogP contribution in [0.2, 0.25) is 0 Å². The molecule has 0 amide bonds. The highest BCUT2D eigenvalue weighted by atomic mass is 16.7. The Labute approximate surface area is 162 Å². The average molecular weight is 376 g/mol. The number of ether oxygens (including phenoxy) is 5. The second kappa shape index (κ2) is 9.80. The molecule has 0 aliphatic carbocycles. The van der Waals surface area contributed by atoms with Crippen molar-refractivity contribution < 1.29 is 23.7 Å². The molecule has 3 rings (SSSR count). The van der Waals surface area contributed by atoms with Crippen molar-refractivity contribution in [2.45, 2.75) is 90.2 Å². The highest BCUT2D eigenvalue weighted by Crippen LogP contribution is 2.27. The predicted molar refractivity (Wildman–Crippen MR) is 103 cm³/mol. The van der Waals surface area contributed by atoms with Gasteiger partial charge in [-0.25, -0.2) is 0 Å². The molecule has 27 heavy (non-hydrogen) atoms. The van der Waals surface area contributed by atoms with Gasteiger partial charge in [-0.15, -0.1) is 0 Å². The Morgan fingerprint density at radius 1 is 1.00 bits per heavy atom. The highest BCUT2D eigenvalue weighted by molar-refractivity contribution is 5.13. The summed E-state index contributed by atoms with van der Waals surface area (Å²) in [6, 6.07) is 10.2. The van der Waals surface area contributed by atoms with Gasteiger partial charge in [0.05, 0.1) is 31.0 Å². The van der Waals surface area contributed by atoms with Crippen LogP contribution in [0.3, 0.4) is 0 Å². The van der Waals surface area contributed by atoms with Crippen molar-refractivity contribution >= 4 is 0 Å². The fraction of sp³-hybridized carbons (Fsp3) is 0.636. The van der Waals surface area contributed by atoms with Crippen LogP contribution in [0.25, 0.3) is 0 Å². The van der Waals surface area contributed by atoms with E-state index < -0.39 is 0 Å². The minimum absolute atomic E-state index is 0.000601. The Morgan fingerprint density at radius 3 is 2.44 bits per heavy atom. The van der Waals surface area contributed by atoms with Crippen LogP contribution in [-0.2, 0) is 30.3 Å². The van der Waals surface area contributed by atoms with Crippen molar-refractivity contribution in [2.75, 3.05) is 0 Å². The first-order valence-corrected chi connectivity index (χ1v) is 9.97. The van der Waals surface area contributed by atoms with Crippen molar-refractivity contribution in [2.24, 2.45) is 0 Å². The van der Waals surface area contributed by atoms with Gasteiger partial charge in [-0.2, -0.15) is 0 Å². The van der Waals surface area contributed by atoms with E-state index in [1.165, 1.54) is 0 Å². The van der Waals surface area contributed by atoms with Gasteiger partial charge in [0.2, 0.25) is 0 Å². The number of benzene rings is 1. The third-order valence-electron chi connectivity index (χ3n) is 4.86.